The van der Waals surface area contributed by atoms with Crippen LogP contribution in [0.15, 0.2) is 12.4 Å². The highest BCUT2D eigenvalue weighted by atomic mass is 16.3. The molecule has 2 aliphatic rings. The van der Waals surface area contributed by atoms with Crippen LogP contribution in [0, 0.1) is 0 Å². The highest BCUT2D eigenvalue weighted by molar-refractivity contribution is 5.76. The van der Waals surface area contributed by atoms with Gasteiger partial charge in [0.25, 0.3) is 0 Å². The lowest BCUT2D eigenvalue weighted by molar-refractivity contribution is -0.122. The highest BCUT2D eigenvalue weighted by Gasteiger charge is 2.20. The molecule has 2 aliphatic carbocycles. The van der Waals surface area contributed by atoms with Crippen molar-refractivity contribution in [1.82, 2.24) is 9.88 Å². The van der Waals surface area contributed by atoms with E-state index < -0.39 is 0 Å². The molecule has 1 atom stereocenters. The van der Waals surface area contributed by atoms with Gasteiger partial charge in [-0.05, 0) is 37.7 Å². The molecule has 1 unspecified atom stereocenters. The summed E-state index contributed by atoms with van der Waals surface area (Å²) in [5.74, 6) is 0.0940. The van der Waals surface area contributed by atoms with Gasteiger partial charge >= 0.3 is 0 Å². The molecule has 0 aliphatic heterocycles. The van der Waals surface area contributed by atoms with Gasteiger partial charge in [0.1, 0.15) is 6.54 Å². The lowest BCUT2D eigenvalue weighted by Gasteiger charge is -2.12. The molecule has 1 heterocycles. The summed E-state index contributed by atoms with van der Waals surface area (Å²) in [5, 5.41) is 13.2. The van der Waals surface area contributed by atoms with Crippen molar-refractivity contribution >= 4 is 5.91 Å². The summed E-state index contributed by atoms with van der Waals surface area (Å²) in [6.07, 6.45) is 12.4. The van der Waals surface area contributed by atoms with Crippen molar-refractivity contribution in [3.63, 3.8) is 0 Å². The molecule has 1 aromatic heterocycles. The fraction of sp³-hybridized carbons (Fsp3) is 0.688. The van der Waals surface area contributed by atoms with Gasteiger partial charge in [0, 0.05) is 24.0 Å². The van der Waals surface area contributed by atoms with Crippen LogP contribution in [0.4, 0.5) is 0 Å². The predicted molar refractivity (Wildman–Crippen MR) is 77.3 cm³/mol. The average molecular weight is 276 g/mol. The van der Waals surface area contributed by atoms with E-state index in [2.05, 4.69) is 5.32 Å². The fourth-order valence-corrected chi connectivity index (χ4v) is 3.49. The Bertz CT molecular complexity index is 475. The summed E-state index contributed by atoms with van der Waals surface area (Å²) < 4.78 is 1.93. The number of aromatic nitrogens is 1. The van der Waals surface area contributed by atoms with Crippen LogP contribution in [0.1, 0.15) is 62.2 Å². The Morgan fingerprint density at radius 2 is 1.95 bits per heavy atom. The van der Waals surface area contributed by atoms with Crippen LogP contribution in [-0.2, 0) is 17.8 Å². The van der Waals surface area contributed by atoms with Crippen molar-refractivity contribution in [2.75, 3.05) is 0 Å². The van der Waals surface area contributed by atoms with Gasteiger partial charge in [0.15, 0.2) is 0 Å². The lowest BCUT2D eigenvalue weighted by Crippen LogP contribution is -2.34. The fourth-order valence-electron chi connectivity index (χ4n) is 3.49. The first-order valence-corrected chi connectivity index (χ1v) is 7.88. The van der Waals surface area contributed by atoms with Crippen molar-refractivity contribution in [3.8, 4) is 0 Å². The van der Waals surface area contributed by atoms with Crippen LogP contribution >= 0.6 is 0 Å². The van der Waals surface area contributed by atoms with E-state index >= 15 is 0 Å². The Morgan fingerprint density at radius 3 is 2.75 bits per heavy atom. The van der Waals surface area contributed by atoms with Crippen molar-refractivity contribution in [2.24, 2.45) is 0 Å². The van der Waals surface area contributed by atoms with E-state index in [9.17, 15) is 9.90 Å². The minimum atomic E-state index is -0.355. The molecular formula is C16H24N2O2. The van der Waals surface area contributed by atoms with Crippen molar-refractivity contribution in [3.05, 3.63) is 23.5 Å². The highest BCUT2D eigenvalue weighted by Crippen LogP contribution is 2.29. The van der Waals surface area contributed by atoms with Gasteiger partial charge in [-0.1, -0.05) is 19.3 Å². The third-order valence-corrected chi connectivity index (χ3v) is 4.58. The Balaban J connectivity index is 1.62. The molecule has 0 radical (unpaired) electrons. The summed E-state index contributed by atoms with van der Waals surface area (Å²) in [5.41, 5.74) is 2.24. The zero-order valence-electron chi connectivity index (χ0n) is 12.0. The predicted octanol–water partition coefficient (Wildman–Crippen LogP) is 2.31. The number of aliphatic hydroxyl groups is 1. The van der Waals surface area contributed by atoms with Gasteiger partial charge in [-0.2, -0.15) is 0 Å². The first kappa shape index (κ1) is 13.7. The SMILES string of the molecule is O=C(Cn1cc2c(c1)C(O)CCCC2)NC1CCCC1. The summed E-state index contributed by atoms with van der Waals surface area (Å²) >= 11 is 0. The Morgan fingerprint density at radius 1 is 1.20 bits per heavy atom. The van der Waals surface area contributed by atoms with E-state index in [0.717, 1.165) is 44.1 Å². The third-order valence-electron chi connectivity index (χ3n) is 4.58. The molecular weight excluding hydrogens is 252 g/mol. The van der Waals surface area contributed by atoms with Crippen LogP contribution in [0.5, 0.6) is 0 Å². The molecule has 110 valence electrons. The van der Waals surface area contributed by atoms with Gasteiger partial charge < -0.3 is 15.0 Å². The van der Waals surface area contributed by atoms with Crippen molar-refractivity contribution in [2.45, 2.75) is 70.1 Å². The minimum absolute atomic E-state index is 0.0940. The molecule has 0 aromatic carbocycles. The zero-order valence-corrected chi connectivity index (χ0v) is 12.0. The second kappa shape index (κ2) is 6.00. The number of nitrogens with one attached hydrogen (secondary N) is 1. The van der Waals surface area contributed by atoms with Gasteiger partial charge in [0.05, 0.1) is 6.10 Å². The Hall–Kier alpha value is -1.29. The van der Waals surface area contributed by atoms with E-state index in [0.29, 0.717) is 12.6 Å². The summed E-state index contributed by atoms with van der Waals surface area (Å²) in [6, 6.07) is 0.376. The molecule has 1 fully saturated rings. The molecule has 0 bridgehead atoms. The molecule has 1 saturated carbocycles. The van der Waals surface area contributed by atoms with Gasteiger partial charge in [-0.15, -0.1) is 0 Å². The van der Waals surface area contributed by atoms with E-state index in [1.165, 1.54) is 18.4 Å². The molecule has 0 saturated heterocycles. The molecule has 2 N–H and O–H groups in total. The molecule has 4 nitrogen and oxygen atoms in total. The van der Waals surface area contributed by atoms with E-state index in [1.807, 2.05) is 17.0 Å². The lowest BCUT2D eigenvalue weighted by atomic mass is 10.1. The third kappa shape index (κ3) is 3.06. The number of fused-ring (bicyclic) bond motifs is 1. The molecule has 3 rings (SSSR count). The van der Waals surface area contributed by atoms with Crippen LogP contribution in [-0.4, -0.2) is 21.6 Å². The summed E-state index contributed by atoms with van der Waals surface area (Å²) in [6.45, 7) is 0.371. The first-order chi connectivity index (χ1) is 9.72. The molecule has 0 spiro atoms. The molecule has 1 amide bonds. The smallest absolute Gasteiger partial charge is 0.240 e. The molecule has 4 heteroatoms. The maximum absolute atomic E-state index is 12.0. The van der Waals surface area contributed by atoms with Crippen LogP contribution in [0.3, 0.4) is 0 Å². The van der Waals surface area contributed by atoms with Crippen molar-refractivity contribution in [1.29, 1.82) is 0 Å². The number of amides is 1. The van der Waals surface area contributed by atoms with Gasteiger partial charge in [-0.3, -0.25) is 4.79 Å². The van der Waals surface area contributed by atoms with Crippen LogP contribution < -0.4 is 5.32 Å². The zero-order chi connectivity index (χ0) is 13.9. The second-order valence-electron chi connectivity index (χ2n) is 6.22. The molecule has 20 heavy (non-hydrogen) atoms. The number of rotatable bonds is 3. The summed E-state index contributed by atoms with van der Waals surface area (Å²) in [7, 11) is 0. The quantitative estimate of drug-likeness (QED) is 0.832. The second-order valence-corrected chi connectivity index (χ2v) is 6.22. The topological polar surface area (TPSA) is 54.3 Å². The first-order valence-electron chi connectivity index (χ1n) is 7.88. The maximum Gasteiger partial charge on any atom is 0.240 e. The van der Waals surface area contributed by atoms with E-state index in [4.69, 9.17) is 0 Å². The van der Waals surface area contributed by atoms with Gasteiger partial charge in [0.2, 0.25) is 5.91 Å². The number of nitrogens with zero attached hydrogens (tertiary/aromatic N) is 1. The van der Waals surface area contributed by atoms with Crippen LogP contribution in [0.25, 0.3) is 0 Å². The van der Waals surface area contributed by atoms with E-state index in [1.54, 1.807) is 0 Å². The van der Waals surface area contributed by atoms with E-state index in [-0.39, 0.29) is 12.0 Å². The minimum Gasteiger partial charge on any atom is -0.388 e. The largest absolute Gasteiger partial charge is 0.388 e. The number of carbonyl (C=O) groups excluding carboxylic acids is 1. The monoisotopic (exact) mass is 276 g/mol. The maximum atomic E-state index is 12.0. The number of aliphatic hydroxyl groups excluding tert-OH is 1. The standard InChI is InChI=1S/C16H24N2O2/c19-15-8-4-1-5-12-9-18(10-14(12)15)11-16(20)17-13-6-2-3-7-13/h9-10,13,15,19H,1-8,11H2,(H,17,20). The Labute approximate surface area is 120 Å². The average Bonchev–Trinajstić information content (AvgIpc) is 3.01. The number of carbonyl (C=O) groups is 1. The number of aryl methyl sites for hydroxylation is 1. The Kier molecular flexibility index (Phi) is 4.10. The number of hydrogen-bond acceptors (Lipinski definition) is 2. The normalized spacial score (nSPS) is 23.4. The summed E-state index contributed by atoms with van der Waals surface area (Å²) in [4.78, 5) is 12.0. The van der Waals surface area contributed by atoms with Gasteiger partial charge in [-0.25, -0.2) is 0 Å². The van der Waals surface area contributed by atoms with Crippen LogP contribution in [0.2, 0.25) is 0 Å². The molecule has 1 aromatic rings. The number of hydrogen-bond donors (Lipinski definition) is 2. The van der Waals surface area contributed by atoms with Crippen molar-refractivity contribution < 1.29 is 9.90 Å².